The molecule has 3 N–H and O–H groups in total. The van der Waals surface area contributed by atoms with Gasteiger partial charge in [0.25, 0.3) is 11.5 Å². The number of fused-ring (bicyclic) bond motifs is 1. The van der Waals surface area contributed by atoms with Crippen molar-refractivity contribution in [3.63, 3.8) is 0 Å². The average molecular weight is 581 g/mol. The molecule has 2 aromatic heterocycles. The van der Waals surface area contributed by atoms with E-state index in [9.17, 15) is 18.8 Å². The van der Waals surface area contributed by atoms with Gasteiger partial charge in [0.05, 0.1) is 30.0 Å². The molecule has 0 radical (unpaired) electrons. The van der Waals surface area contributed by atoms with Crippen molar-refractivity contribution in [1.29, 1.82) is 0 Å². The molecule has 5 aromatic rings. The highest BCUT2D eigenvalue weighted by Crippen LogP contribution is 2.28. The molecule has 0 spiro atoms. The molecular weight excluding hydrogens is 547 g/mol. The van der Waals surface area contributed by atoms with Gasteiger partial charge in [-0.1, -0.05) is 24.3 Å². The Labute approximate surface area is 248 Å². The third-order valence-electron chi connectivity index (χ3n) is 7.70. The van der Waals surface area contributed by atoms with Gasteiger partial charge in [-0.2, -0.15) is 0 Å². The highest BCUT2D eigenvalue weighted by atomic mass is 19.1. The normalized spacial score (nSPS) is 11.9. The van der Waals surface area contributed by atoms with Crippen LogP contribution in [-0.4, -0.2) is 46.1 Å². The smallest absolute Gasteiger partial charge is 0.294 e. The Morgan fingerprint density at radius 2 is 1.79 bits per heavy atom. The molecule has 10 heteroatoms. The predicted molar refractivity (Wildman–Crippen MR) is 166 cm³/mol. The first-order valence-corrected chi connectivity index (χ1v) is 13.9. The number of rotatable bonds is 8. The summed E-state index contributed by atoms with van der Waals surface area (Å²) in [5.74, 6) is -1.03. The van der Waals surface area contributed by atoms with Crippen LogP contribution in [0, 0.1) is 19.7 Å². The zero-order valence-corrected chi connectivity index (χ0v) is 24.7. The maximum absolute atomic E-state index is 13.9. The van der Waals surface area contributed by atoms with E-state index in [1.807, 2.05) is 54.9 Å². The van der Waals surface area contributed by atoms with Crippen molar-refractivity contribution in [3.05, 3.63) is 111 Å². The van der Waals surface area contributed by atoms with E-state index < -0.39 is 17.5 Å². The van der Waals surface area contributed by atoms with Gasteiger partial charge in [-0.05, 0) is 80.9 Å². The summed E-state index contributed by atoms with van der Waals surface area (Å²) in [7, 11) is 3.22. The van der Waals surface area contributed by atoms with Crippen LogP contribution in [0.4, 0.5) is 10.2 Å². The van der Waals surface area contributed by atoms with Crippen molar-refractivity contribution in [3.8, 4) is 16.9 Å². The summed E-state index contributed by atoms with van der Waals surface area (Å²) in [6.45, 7) is 5.60. The molecule has 0 fully saturated rings. The number of carbonyl (C=O) groups is 2. The molecule has 0 aliphatic carbocycles. The summed E-state index contributed by atoms with van der Waals surface area (Å²) in [4.78, 5) is 43.4. The first-order valence-electron chi connectivity index (χ1n) is 13.9. The largest absolute Gasteiger partial charge is 0.355 e. The molecule has 2 amide bonds. The number of aromatic nitrogens is 3. The van der Waals surface area contributed by atoms with E-state index in [1.54, 1.807) is 43.8 Å². The van der Waals surface area contributed by atoms with Gasteiger partial charge in [0.1, 0.15) is 5.82 Å². The second kappa shape index (κ2) is 12.0. The Morgan fingerprint density at radius 3 is 2.53 bits per heavy atom. The number of hydrogen-bond donors (Lipinski definition) is 3. The summed E-state index contributed by atoms with van der Waals surface area (Å²) >= 11 is 0. The number of likely N-dealkylation sites (N-methyl/N-ethyl adjacent to an activating group) is 1. The molecule has 43 heavy (non-hydrogen) atoms. The topological polar surface area (TPSA) is 110 Å². The van der Waals surface area contributed by atoms with Crippen molar-refractivity contribution < 1.29 is 14.0 Å². The van der Waals surface area contributed by atoms with Crippen LogP contribution in [-0.2, 0) is 11.3 Å². The van der Waals surface area contributed by atoms with E-state index in [1.165, 1.54) is 18.3 Å². The Morgan fingerprint density at radius 1 is 1.02 bits per heavy atom. The molecule has 5 rings (SSSR count). The maximum Gasteiger partial charge on any atom is 0.294 e. The van der Waals surface area contributed by atoms with Gasteiger partial charge >= 0.3 is 0 Å². The molecule has 2 heterocycles. The van der Waals surface area contributed by atoms with E-state index in [4.69, 9.17) is 0 Å². The standard InChI is InChI=1S/C33H33FN6O3/c1-19-17-39(28-13-12-23(34)15-27(19)28)24-9-6-8-22(14-24)18-40-29(25-10-7-11-26(20(25)2)32(42)36-5)16-37-30(33(40)43)38-31(41)21(3)35-4/h6-17,21,35H,18H2,1-5H3,(H,36,42)(H,37,38,41). The van der Waals surface area contributed by atoms with Gasteiger partial charge in [0.15, 0.2) is 5.82 Å². The number of anilines is 1. The van der Waals surface area contributed by atoms with E-state index in [2.05, 4.69) is 20.9 Å². The highest BCUT2D eigenvalue weighted by Gasteiger charge is 2.20. The first kappa shape index (κ1) is 29.4. The SMILES string of the molecule is CNC(=O)c1cccc(-c2cnc(NC(=O)C(C)NC)c(=O)n2Cc2cccc(-n3cc(C)c4cc(F)ccc43)c2)c1C. The molecule has 0 aliphatic rings. The van der Waals surface area contributed by atoms with E-state index in [-0.39, 0.29) is 24.1 Å². The lowest BCUT2D eigenvalue weighted by molar-refractivity contribution is -0.117. The van der Waals surface area contributed by atoms with E-state index in [0.29, 0.717) is 22.4 Å². The zero-order chi connectivity index (χ0) is 30.8. The fraction of sp³-hybridized carbons (Fsp3) is 0.212. The molecule has 1 atom stereocenters. The van der Waals surface area contributed by atoms with Crippen LogP contribution in [0.5, 0.6) is 0 Å². The minimum Gasteiger partial charge on any atom is -0.355 e. The summed E-state index contributed by atoms with van der Waals surface area (Å²) in [6, 6.07) is 17.2. The third-order valence-corrected chi connectivity index (χ3v) is 7.70. The summed E-state index contributed by atoms with van der Waals surface area (Å²) in [5, 5.41) is 8.97. The predicted octanol–water partition coefficient (Wildman–Crippen LogP) is 4.56. The van der Waals surface area contributed by atoms with Crippen LogP contribution >= 0.6 is 0 Å². The molecule has 220 valence electrons. The van der Waals surface area contributed by atoms with Gasteiger partial charge in [0, 0.05) is 35.4 Å². The van der Waals surface area contributed by atoms with Crippen LogP contribution in [0.25, 0.3) is 27.8 Å². The second-order valence-electron chi connectivity index (χ2n) is 10.5. The summed E-state index contributed by atoms with van der Waals surface area (Å²) in [6.07, 6.45) is 3.50. The maximum atomic E-state index is 13.9. The van der Waals surface area contributed by atoms with Crippen molar-refractivity contribution in [1.82, 2.24) is 24.8 Å². The van der Waals surface area contributed by atoms with Crippen molar-refractivity contribution >= 4 is 28.5 Å². The average Bonchev–Trinajstić information content (AvgIpc) is 3.34. The second-order valence-corrected chi connectivity index (χ2v) is 10.5. The lowest BCUT2D eigenvalue weighted by Crippen LogP contribution is -2.38. The molecule has 3 aromatic carbocycles. The molecule has 9 nitrogen and oxygen atoms in total. The monoisotopic (exact) mass is 580 g/mol. The van der Waals surface area contributed by atoms with Gasteiger partial charge in [-0.15, -0.1) is 0 Å². The number of halogens is 1. The fourth-order valence-corrected chi connectivity index (χ4v) is 5.16. The number of carbonyl (C=O) groups excluding carboxylic acids is 2. The molecule has 0 saturated heterocycles. The number of nitrogens with zero attached hydrogens (tertiary/aromatic N) is 3. The lowest BCUT2D eigenvalue weighted by Gasteiger charge is -2.18. The lowest BCUT2D eigenvalue weighted by atomic mass is 9.99. The first-order chi connectivity index (χ1) is 20.6. The Hall–Kier alpha value is -5.09. The fourth-order valence-electron chi connectivity index (χ4n) is 5.16. The molecular formula is C33H33FN6O3. The number of hydrogen-bond acceptors (Lipinski definition) is 5. The molecule has 0 saturated carbocycles. The minimum absolute atomic E-state index is 0.0961. The van der Waals surface area contributed by atoms with Gasteiger partial charge in [-0.25, -0.2) is 9.37 Å². The van der Waals surface area contributed by atoms with Gasteiger partial charge in [-0.3, -0.25) is 19.0 Å². The van der Waals surface area contributed by atoms with Gasteiger partial charge in [0.2, 0.25) is 5.91 Å². The Bertz CT molecular complexity index is 1930. The molecule has 1 unspecified atom stereocenters. The zero-order valence-electron chi connectivity index (χ0n) is 24.7. The van der Waals surface area contributed by atoms with E-state index >= 15 is 0 Å². The number of nitrogens with one attached hydrogen (secondary N) is 3. The Kier molecular flexibility index (Phi) is 8.22. The minimum atomic E-state index is -0.536. The summed E-state index contributed by atoms with van der Waals surface area (Å²) in [5.41, 5.74) is 5.31. The van der Waals surface area contributed by atoms with Crippen molar-refractivity contribution in [2.75, 3.05) is 19.4 Å². The quantitative estimate of drug-likeness (QED) is 0.249. The van der Waals surface area contributed by atoms with E-state index in [0.717, 1.165) is 27.7 Å². The number of amides is 2. The van der Waals surface area contributed by atoms with Crippen LogP contribution in [0.1, 0.15) is 34.0 Å². The molecule has 0 bridgehead atoms. The Balaban J connectivity index is 1.63. The number of aryl methyl sites for hydroxylation is 1. The van der Waals surface area contributed by atoms with Crippen LogP contribution in [0.15, 0.2) is 77.9 Å². The number of benzene rings is 3. The van der Waals surface area contributed by atoms with Crippen LogP contribution in [0.2, 0.25) is 0 Å². The van der Waals surface area contributed by atoms with Crippen molar-refractivity contribution in [2.45, 2.75) is 33.4 Å². The summed E-state index contributed by atoms with van der Waals surface area (Å²) < 4.78 is 17.5. The third kappa shape index (κ3) is 5.69. The van der Waals surface area contributed by atoms with Crippen LogP contribution < -0.4 is 21.5 Å². The van der Waals surface area contributed by atoms with Crippen LogP contribution in [0.3, 0.4) is 0 Å². The van der Waals surface area contributed by atoms with Crippen molar-refractivity contribution in [2.24, 2.45) is 0 Å². The highest BCUT2D eigenvalue weighted by molar-refractivity contribution is 5.97. The molecule has 0 aliphatic heterocycles. The van der Waals surface area contributed by atoms with Gasteiger partial charge < -0.3 is 20.5 Å².